The van der Waals surface area contributed by atoms with E-state index in [0.717, 1.165) is 23.0 Å². The molecular weight excluding hydrogens is 345 g/mol. The van der Waals surface area contributed by atoms with Crippen molar-refractivity contribution >= 4 is 11.9 Å². The Hall–Kier alpha value is -3.11. The van der Waals surface area contributed by atoms with Gasteiger partial charge in [0.2, 0.25) is 5.91 Å². The molecular formula is C14H13F3N4O4. The van der Waals surface area contributed by atoms with E-state index in [-0.39, 0.29) is 31.1 Å². The minimum absolute atomic E-state index is 0.0338. The molecule has 25 heavy (non-hydrogen) atoms. The van der Waals surface area contributed by atoms with Crippen LogP contribution in [0.15, 0.2) is 30.5 Å². The van der Waals surface area contributed by atoms with Gasteiger partial charge in [0, 0.05) is 0 Å². The molecule has 1 heterocycles. The van der Waals surface area contributed by atoms with Crippen LogP contribution in [0.5, 0.6) is 5.75 Å². The second kappa shape index (κ2) is 7.64. The Morgan fingerprint density at radius 3 is 2.72 bits per heavy atom. The van der Waals surface area contributed by atoms with E-state index in [1.54, 1.807) is 0 Å². The molecule has 0 saturated heterocycles. The molecule has 0 bridgehead atoms. The Morgan fingerprint density at radius 1 is 1.32 bits per heavy atom. The highest BCUT2D eigenvalue weighted by atomic mass is 19.4. The molecule has 2 N–H and O–H groups in total. The van der Waals surface area contributed by atoms with E-state index in [0.29, 0.717) is 0 Å². The summed E-state index contributed by atoms with van der Waals surface area (Å²) in [6.45, 7) is -0.232. The number of aromatic nitrogens is 3. The SMILES string of the molecule is O=C(Cn1cc(C(=O)O)nn1)NCCOc1cccc(C(F)(F)F)c1. The number of nitrogens with zero attached hydrogens (tertiary/aromatic N) is 3. The first-order chi connectivity index (χ1) is 11.8. The summed E-state index contributed by atoms with van der Waals surface area (Å²) in [6, 6.07) is 4.39. The molecule has 0 aliphatic rings. The number of benzene rings is 1. The molecule has 8 nitrogen and oxygen atoms in total. The molecule has 2 rings (SSSR count). The molecule has 0 saturated carbocycles. The Balaban J connectivity index is 1.75. The summed E-state index contributed by atoms with van der Waals surface area (Å²) >= 11 is 0. The van der Waals surface area contributed by atoms with E-state index in [1.165, 1.54) is 12.1 Å². The lowest BCUT2D eigenvalue weighted by Crippen LogP contribution is -2.31. The molecule has 1 aromatic heterocycles. The molecule has 0 fully saturated rings. The fourth-order valence-electron chi connectivity index (χ4n) is 1.80. The zero-order valence-electron chi connectivity index (χ0n) is 12.7. The van der Waals surface area contributed by atoms with Gasteiger partial charge in [0.1, 0.15) is 18.9 Å². The van der Waals surface area contributed by atoms with E-state index in [1.807, 2.05) is 0 Å². The van der Waals surface area contributed by atoms with Gasteiger partial charge in [-0.1, -0.05) is 11.3 Å². The van der Waals surface area contributed by atoms with Crippen molar-refractivity contribution in [1.82, 2.24) is 20.3 Å². The summed E-state index contributed by atoms with van der Waals surface area (Å²) in [5.74, 6) is -1.71. The van der Waals surface area contributed by atoms with Gasteiger partial charge in [0.15, 0.2) is 5.69 Å². The van der Waals surface area contributed by atoms with Gasteiger partial charge in [0.05, 0.1) is 18.3 Å². The number of ether oxygens (including phenoxy) is 1. The lowest BCUT2D eigenvalue weighted by molar-refractivity contribution is -0.137. The molecule has 0 aliphatic heterocycles. The topological polar surface area (TPSA) is 106 Å². The molecule has 1 aromatic carbocycles. The quantitative estimate of drug-likeness (QED) is 0.720. The number of carboxylic acids is 1. The summed E-state index contributed by atoms with van der Waals surface area (Å²) in [5, 5.41) is 18.0. The van der Waals surface area contributed by atoms with Crippen LogP contribution < -0.4 is 10.1 Å². The third-order valence-electron chi connectivity index (χ3n) is 2.92. The van der Waals surface area contributed by atoms with Gasteiger partial charge in [-0.05, 0) is 18.2 Å². The van der Waals surface area contributed by atoms with Crippen LogP contribution in [0.25, 0.3) is 0 Å². The van der Waals surface area contributed by atoms with Crippen LogP contribution in [-0.2, 0) is 17.5 Å². The summed E-state index contributed by atoms with van der Waals surface area (Å²) in [6.07, 6.45) is -3.36. The van der Waals surface area contributed by atoms with Gasteiger partial charge in [-0.15, -0.1) is 5.10 Å². The van der Waals surface area contributed by atoms with Crippen LogP contribution in [0.1, 0.15) is 16.1 Å². The van der Waals surface area contributed by atoms with E-state index in [9.17, 15) is 22.8 Å². The average Bonchev–Trinajstić information content (AvgIpc) is 3.00. The Bertz CT molecular complexity index is 761. The molecule has 0 unspecified atom stereocenters. The number of carbonyl (C=O) groups excluding carboxylic acids is 1. The third-order valence-corrected chi connectivity index (χ3v) is 2.92. The first-order valence-corrected chi connectivity index (χ1v) is 6.96. The Kier molecular flexibility index (Phi) is 5.57. The molecule has 0 atom stereocenters. The largest absolute Gasteiger partial charge is 0.492 e. The predicted octanol–water partition coefficient (Wildman–Crippen LogP) is 1.19. The molecule has 11 heteroatoms. The van der Waals surface area contributed by atoms with Crippen LogP contribution in [-0.4, -0.2) is 45.1 Å². The van der Waals surface area contributed by atoms with Crippen molar-refractivity contribution in [3.05, 3.63) is 41.7 Å². The van der Waals surface area contributed by atoms with Crippen molar-refractivity contribution in [3.63, 3.8) is 0 Å². The maximum Gasteiger partial charge on any atom is 0.416 e. The first kappa shape index (κ1) is 18.2. The Morgan fingerprint density at radius 2 is 2.08 bits per heavy atom. The van der Waals surface area contributed by atoms with Crippen molar-refractivity contribution < 1.29 is 32.6 Å². The lowest BCUT2D eigenvalue weighted by atomic mass is 10.2. The summed E-state index contributed by atoms with van der Waals surface area (Å²) < 4.78 is 43.9. The predicted molar refractivity (Wildman–Crippen MR) is 76.9 cm³/mol. The number of aromatic carboxylic acids is 1. The van der Waals surface area contributed by atoms with Crippen molar-refractivity contribution in [1.29, 1.82) is 0 Å². The van der Waals surface area contributed by atoms with Crippen molar-refractivity contribution in [3.8, 4) is 5.75 Å². The molecule has 0 spiro atoms. The smallest absolute Gasteiger partial charge is 0.416 e. The highest BCUT2D eigenvalue weighted by Gasteiger charge is 2.30. The Labute approximate surface area is 139 Å². The maximum absolute atomic E-state index is 12.6. The zero-order chi connectivity index (χ0) is 18.4. The van der Waals surface area contributed by atoms with Crippen LogP contribution >= 0.6 is 0 Å². The zero-order valence-corrected chi connectivity index (χ0v) is 12.7. The normalized spacial score (nSPS) is 11.2. The van der Waals surface area contributed by atoms with Crippen molar-refractivity contribution in [2.24, 2.45) is 0 Å². The molecule has 0 aliphatic carbocycles. The number of amides is 1. The minimum atomic E-state index is -4.46. The van der Waals surface area contributed by atoms with Crippen molar-refractivity contribution in [2.45, 2.75) is 12.7 Å². The number of rotatable bonds is 7. The monoisotopic (exact) mass is 358 g/mol. The second-order valence-electron chi connectivity index (χ2n) is 4.83. The number of halogens is 3. The molecule has 2 aromatic rings. The van der Waals surface area contributed by atoms with Gasteiger partial charge in [0.25, 0.3) is 0 Å². The number of alkyl halides is 3. The van der Waals surface area contributed by atoms with Crippen molar-refractivity contribution in [2.75, 3.05) is 13.2 Å². The third kappa shape index (κ3) is 5.48. The molecule has 134 valence electrons. The fraction of sp³-hybridized carbons (Fsp3) is 0.286. The molecule has 1 amide bonds. The van der Waals surface area contributed by atoms with E-state index in [2.05, 4.69) is 15.6 Å². The van der Waals surface area contributed by atoms with Crippen LogP contribution in [0, 0.1) is 0 Å². The highest BCUT2D eigenvalue weighted by Crippen LogP contribution is 2.31. The molecule has 0 radical (unpaired) electrons. The van der Waals surface area contributed by atoms with Gasteiger partial charge in [-0.25, -0.2) is 9.48 Å². The number of hydrogen-bond donors (Lipinski definition) is 2. The van der Waals surface area contributed by atoms with Crippen LogP contribution in [0.2, 0.25) is 0 Å². The van der Waals surface area contributed by atoms with Gasteiger partial charge < -0.3 is 15.2 Å². The minimum Gasteiger partial charge on any atom is -0.492 e. The standard InChI is InChI=1S/C14H13F3N4O4/c15-14(16,17)9-2-1-3-10(6-9)25-5-4-18-12(22)8-21-7-11(13(23)24)19-20-21/h1-3,6-7H,4-5,8H2,(H,18,22)(H,23,24). The maximum atomic E-state index is 12.6. The highest BCUT2D eigenvalue weighted by molar-refractivity contribution is 5.84. The fourth-order valence-corrected chi connectivity index (χ4v) is 1.80. The number of hydrogen-bond acceptors (Lipinski definition) is 5. The first-order valence-electron chi connectivity index (χ1n) is 6.96. The average molecular weight is 358 g/mol. The van der Waals surface area contributed by atoms with E-state index < -0.39 is 23.6 Å². The van der Waals surface area contributed by atoms with E-state index >= 15 is 0 Å². The van der Waals surface area contributed by atoms with Crippen LogP contribution in [0.4, 0.5) is 13.2 Å². The van der Waals surface area contributed by atoms with E-state index in [4.69, 9.17) is 9.84 Å². The number of nitrogens with one attached hydrogen (secondary N) is 1. The summed E-state index contributed by atoms with van der Waals surface area (Å²) in [4.78, 5) is 22.3. The van der Waals surface area contributed by atoms with Crippen LogP contribution in [0.3, 0.4) is 0 Å². The van der Waals surface area contributed by atoms with Gasteiger partial charge in [-0.3, -0.25) is 4.79 Å². The second-order valence-corrected chi connectivity index (χ2v) is 4.83. The number of carbonyl (C=O) groups is 2. The van der Waals surface area contributed by atoms with Gasteiger partial charge in [-0.2, -0.15) is 13.2 Å². The number of carboxylic acid groups (broad SMARTS) is 1. The lowest BCUT2D eigenvalue weighted by Gasteiger charge is -2.10. The summed E-state index contributed by atoms with van der Waals surface area (Å²) in [5.41, 5.74) is -1.12. The summed E-state index contributed by atoms with van der Waals surface area (Å²) in [7, 11) is 0. The van der Waals surface area contributed by atoms with Gasteiger partial charge >= 0.3 is 12.1 Å².